The Kier molecular flexibility index (Phi) is 14.7. The molecular weight excluding hydrogens is 864 g/mol. The van der Waals surface area contributed by atoms with Crippen molar-refractivity contribution in [2.75, 3.05) is 0 Å². The van der Waals surface area contributed by atoms with Gasteiger partial charge in [-0.25, -0.2) is 0 Å². The summed E-state index contributed by atoms with van der Waals surface area (Å²) in [4.78, 5) is 0. The number of alkyl halides is 1. The summed E-state index contributed by atoms with van der Waals surface area (Å²) in [6, 6.07) is 59.1. The molecule has 0 fully saturated rings. The van der Waals surface area contributed by atoms with Crippen LogP contribution in [-0.4, -0.2) is 0 Å². The van der Waals surface area contributed by atoms with E-state index in [9.17, 15) is 0 Å². The Morgan fingerprint density at radius 2 is 0.623 bits per heavy atom. The number of benzene rings is 10. The number of halogens is 1. The van der Waals surface area contributed by atoms with E-state index in [1.54, 1.807) is 0 Å². The van der Waals surface area contributed by atoms with Crippen molar-refractivity contribution in [2.24, 2.45) is 0 Å². The molecule has 0 spiro atoms. The maximum absolute atomic E-state index is 6.96. The van der Waals surface area contributed by atoms with Gasteiger partial charge in [0.1, 0.15) is 24.7 Å². The highest BCUT2D eigenvalue weighted by Crippen LogP contribution is 2.39. The first-order chi connectivity index (χ1) is 34.1. The average Bonchev–Trinajstić information content (AvgIpc) is 3.39. The van der Waals surface area contributed by atoms with E-state index >= 15 is 0 Å². The van der Waals surface area contributed by atoms with E-state index in [0.717, 1.165) is 35.5 Å². The van der Waals surface area contributed by atoms with Crippen molar-refractivity contribution in [1.29, 1.82) is 0 Å². The molecule has 0 radical (unpaired) electrons. The second kappa shape index (κ2) is 21.9. The molecule has 0 bridgehead atoms. The number of unbranched alkanes of at least 4 members (excludes halogenated alkanes) is 6. The van der Waals surface area contributed by atoms with Gasteiger partial charge in [-0.3, -0.25) is 0 Å². The quantitative estimate of drug-likeness (QED) is 0.0408. The zero-order chi connectivity index (χ0) is 46.9. The highest BCUT2D eigenvalue weighted by molar-refractivity contribution is 6.20. The van der Waals surface area contributed by atoms with Crippen LogP contribution >= 0.6 is 11.6 Å². The molecule has 10 rings (SSSR count). The normalized spacial score (nSPS) is 11.8. The molecule has 0 amide bonds. The number of rotatable bonds is 21. The van der Waals surface area contributed by atoms with E-state index in [1.807, 2.05) is 0 Å². The van der Waals surface area contributed by atoms with Crippen molar-refractivity contribution < 1.29 is 14.2 Å². The molecule has 348 valence electrons. The van der Waals surface area contributed by atoms with Crippen molar-refractivity contribution in [1.82, 2.24) is 0 Å². The van der Waals surface area contributed by atoms with E-state index in [0.29, 0.717) is 32.3 Å². The van der Waals surface area contributed by atoms with Crippen LogP contribution in [0.15, 0.2) is 164 Å². The fraction of sp³-hybridized carbons (Fsp3) is 0.262. The van der Waals surface area contributed by atoms with Gasteiger partial charge in [0.05, 0.1) is 13.2 Å². The summed E-state index contributed by atoms with van der Waals surface area (Å²) < 4.78 is 20.7. The van der Waals surface area contributed by atoms with Crippen molar-refractivity contribution in [3.05, 3.63) is 203 Å². The van der Waals surface area contributed by atoms with Gasteiger partial charge in [-0.1, -0.05) is 198 Å². The molecular formula is C65H63ClO3. The summed E-state index contributed by atoms with van der Waals surface area (Å²) >= 11 is 6.61. The van der Waals surface area contributed by atoms with Crippen molar-refractivity contribution in [3.8, 4) is 11.5 Å². The maximum Gasteiger partial charge on any atom is 0.123 e. The highest BCUT2D eigenvalue weighted by atomic mass is 35.5. The fourth-order valence-corrected chi connectivity index (χ4v) is 11.3. The molecule has 0 saturated carbocycles. The minimum Gasteiger partial charge on any atom is -0.489 e. The lowest BCUT2D eigenvalue weighted by atomic mass is 9.89. The molecule has 0 aliphatic heterocycles. The molecule has 0 heterocycles. The summed E-state index contributed by atoms with van der Waals surface area (Å²) in [5.41, 5.74) is 8.60. The first-order valence-electron chi connectivity index (χ1n) is 25.4. The Labute approximate surface area is 413 Å². The van der Waals surface area contributed by atoms with Gasteiger partial charge < -0.3 is 14.2 Å². The van der Waals surface area contributed by atoms with Crippen molar-refractivity contribution in [2.45, 2.75) is 110 Å². The van der Waals surface area contributed by atoms with Crippen molar-refractivity contribution >= 4 is 76.2 Å². The third kappa shape index (κ3) is 9.78. The molecule has 0 N–H and O–H groups in total. The molecule has 10 aromatic carbocycles. The number of hydrogen-bond donors (Lipinski definition) is 0. The predicted octanol–water partition coefficient (Wildman–Crippen LogP) is 18.5. The Balaban J connectivity index is 1.00. The molecule has 10 aromatic rings. The largest absolute Gasteiger partial charge is 0.489 e. The van der Waals surface area contributed by atoms with E-state index in [2.05, 4.69) is 178 Å². The van der Waals surface area contributed by atoms with Crippen LogP contribution in [0.2, 0.25) is 0 Å². The summed E-state index contributed by atoms with van der Waals surface area (Å²) in [6.45, 7) is 6.21. The van der Waals surface area contributed by atoms with Crippen LogP contribution in [0, 0.1) is 0 Å². The van der Waals surface area contributed by atoms with Crippen LogP contribution in [-0.2, 0) is 49.9 Å². The molecule has 0 atom stereocenters. The summed E-state index contributed by atoms with van der Waals surface area (Å²) in [6.07, 6.45) is 12.0. The standard InChI is InChI=1S/C65H63ClO3/c1-3-5-7-9-23-48-50-25-11-17-31-56(50)64(57-32-18-12-26-51(48)57)43-68-46-37-45(41-67-42-63-60-35-21-15-29-54(60)62(40-66)55-30-16-22-36-61(55)63)38-47(39-46)69-44-65-58-33-19-13-27-52(58)49(24-10-8-6-4-2)53-28-14-20-34-59(53)65/h11-22,25-39H,3-10,23-24,40-44H2,1-2H3. The molecule has 69 heavy (non-hydrogen) atoms. The highest BCUT2D eigenvalue weighted by Gasteiger charge is 2.18. The van der Waals surface area contributed by atoms with Gasteiger partial charge in [-0.2, -0.15) is 0 Å². The number of ether oxygens (including phenoxy) is 3. The molecule has 4 heteroatoms. The SMILES string of the molecule is CCCCCCc1c2ccccc2c(COc2cc(COCc3c4ccccc4c(CCl)c4ccccc34)cc(OCc3c4ccccc4c(CCCCCC)c4ccccc34)c2)c2ccccc12. The van der Waals surface area contributed by atoms with Gasteiger partial charge in [0.25, 0.3) is 0 Å². The first-order valence-corrected chi connectivity index (χ1v) is 25.9. The van der Waals surface area contributed by atoms with Crippen LogP contribution in [0.4, 0.5) is 0 Å². The van der Waals surface area contributed by atoms with Gasteiger partial charge in [-0.15, -0.1) is 11.6 Å². The van der Waals surface area contributed by atoms with Crippen LogP contribution in [0.1, 0.15) is 104 Å². The van der Waals surface area contributed by atoms with E-state index < -0.39 is 0 Å². The van der Waals surface area contributed by atoms with Gasteiger partial charge in [0.2, 0.25) is 0 Å². The summed E-state index contributed by atoms with van der Waals surface area (Å²) in [5.74, 6) is 1.95. The number of hydrogen-bond acceptors (Lipinski definition) is 3. The zero-order valence-corrected chi connectivity index (χ0v) is 41.1. The van der Waals surface area contributed by atoms with Crippen molar-refractivity contribution in [3.63, 3.8) is 0 Å². The Morgan fingerprint density at radius 3 is 0.942 bits per heavy atom. The van der Waals surface area contributed by atoms with Gasteiger partial charge in [0.15, 0.2) is 0 Å². The third-order valence-corrected chi connectivity index (χ3v) is 14.6. The smallest absolute Gasteiger partial charge is 0.123 e. The minimum atomic E-state index is 0.380. The molecule has 0 saturated heterocycles. The second-order valence-electron chi connectivity index (χ2n) is 18.8. The fourth-order valence-electron chi connectivity index (χ4n) is 11.0. The molecule has 3 nitrogen and oxygen atoms in total. The maximum atomic E-state index is 6.96. The predicted molar refractivity (Wildman–Crippen MR) is 293 cm³/mol. The van der Waals surface area contributed by atoms with E-state index in [4.69, 9.17) is 25.8 Å². The van der Waals surface area contributed by atoms with E-state index in [1.165, 1.54) is 144 Å². The topological polar surface area (TPSA) is 27.7 Å². The molecule has 0 unspecified atom stereocenters. The Morgan fingerprint density at radius 1 is 0.319 bits per heavy atom. The van der Waals surface area contributed by atoms with Gasteiger partial charge >= 0.3 is 0 Å². The lowest BCUT2D eigenvalue weighted by molar-refractivity contribution is 0.108. The molecule has 0 aliphatic carbocycles. The van der Waals surface area contributed by atoms with Crippen LogP contribution < -0.4 is 9.47 Å². The summed E-state index contributed by atoms with van der Waals surface area (Å²) in [5, 5.41) is 15.0. The second-order valence-corrected chi connectivity index (χ2v) is 19.0. The summed E-state index contributed by atoms with van der Waals surface area (Å²) in [7, 11) is 0. The monoisotopic (exact) mass is 926 g/mol. The lowest BCUT2D eigenvalue weighted by Gasteiger charge is -2.19. The van der Waals surface area contributed by atoms with Gasteiger partial charge in [0, 0.05) is 23.1 Å². The van der Waals surface area contributed by atoms with E-state index in [-0.39, 0.29) is 0 Å². The molecule has 0 aliphatic rings. The third-order valence-electron chi connectivity index (χ3n) is 14.4. The first kappa shape index (κ1) is 46.3. The van der Waals surface area contributed by atoms with Crippen LogP contribution in [0.3, 0.4) is 0 Å². The average molecular weight is 928 g/mol. The van der Waals surface area contributed by atoms with Gasteiger partial charge in [-0.05, 0) is 130 Å². The zero-order valence-electron chi connectivity index (χ0n) is 40.3. The lowest BCUT2D eigenvalue weighted by Crippen LogP contribution is -2.04. The Bertz CT molecular complexity index is 3080. The van der Waals surface area contributed by atoms with Crippen LogP contribution in [0.25, 0.3) is 64.6 Å². The minimum absolute atomic E-state index is 0.380. The number of aryl methyl sites for hydroxylation is 2. The van der Waals surface area contributed by atoms with Crippen LogP contribution in [0.5, 0.6) is 11.5 Å². The number of fused-ring (bicyclic) bond motifs is 6. The molecule has 0 aromatic heterocycles. The Hall–Kier alpha value is -6.39.